The molecule has 3 aromatic rings. The largest absolute Gasteiger partial charge is 0.497 e. The van der Waals surface area contributed by atoms with E-state index in [1.165, 1.54) is 27.8 Å². The zero-order chi connectivity index (χ0) is 20.6. The fourth-order valence-electron chi connectivity index (χ4n) is 3.31. The lowest BCUT2D eigenvalue weighted by molar-refractivity contribution is -0.119. The van der Waals surface area contributed by atoms with Gasteiger partial charge in [-0.2, -0.15) is 4.31 Å². The van der Waals surface area contributed by atoms with E-state index in [0.29, 0.717) is 30.3 Å². The van der Waals surface area contributed by atoms with E-state index in [-0.39, 0.29) is 10.8 Å². The predicted octanol–water partition coefficient (Wildman–Crippen LogP) is 3.86. The number of aromatic nitrogens is 1. The second kappa shape index (κ2) is 8.02. The number of sulfonamides is 1. The van der Waals surface area contributed by atoms with E-state index in [0.717, 1.165) is 14.7 Å². The van der Waals surface area contributed by atoms with Gasteiger partial charge in [-0.25, -0.2) is 13.4 Å². The van der Waals surface area contributed by atoms with Crippen LogP contribution in [-0.2, 0) is 14.8 Å². The van der Waals surface area contributed by atoms with E-state index in [4.69, 9.17) is 4.74 Å². The maximum atomic E-state index is 13.0. The Bertz CT molecular complexity index is 1160. The number of carbonyl (C=O) groups is 1. The molecule has 1 N–H and O–H groups in total. The summed E-state index contributed by atoms with van der Waals surface area (Å²) in [6.07, 6.45) is 1.10. The number of hydrogen-bond donors (Lipinski definition) is 1. The highest BCUT2D eigenvalue weighted by Crippen LogP contribution is 2.31. The number of hydrogen-bond acceptors (Lipinski definition) is 6. The smallest absolute Gasteiger partial charge is 0.244 e. The Morgan fingerprint density at radius 1 is 1.28 bits per heavy atom. The lowest BCUT2D eigenvalue weighted by atomic mass is 10.2. The van der Waals surface area contributed by atoms with Crippen LogP contribution in [0.3, 0.4) is 0 Å². The standard InChI is InChI=1S/C19H18BrN3O4S2/c1-27-13-6-9-15-17(11-13)28-19(21-15)22-18(24)16-3-2-10-23(16)29(25,26)14-7-4-12(20)5-8-14/h4-9,11,16H,2-3,10H2,1H3,(H,21,22,24). The minimum atomic E-state index is -3.76. The first-order valence-corrected chi connectivity index (χ1v) is 12.0. The van der Waals surface area contributed by atoms with Gasteiger partial charge in [0.25, 0.3) is 0 Å². The molecule has 1 aromatic heterocycles. The van der Waals surface area contributed by atoms with Crippen molar-refractivity contribution < 1.29 is 17.9 Å². The summed E-state index contributed by atoms with van der Waals surface area (Å²) >= 11 is 4.63. The Morgan fingerprint density at radius 2 is 2.03 bits per heavy atom. The number of anilines is 1. The van der Waals surface area contributed by atoms with E-state index < -0.39 is 16.1 Å². The van der Waals surface area contributed by atoms with Crippen LogP contribution in [0.25, 0.3) is 10.2 Å². The van der Waals surface area contributed by atoms with E-state index in [1.807, 2.05) is 12.1 Å². The molecule has 2 aromatic carbocycles. The molecule has 1 unspecified atom stereocenters. The SMILES string of the molecule is COc1ccc2nc(NC(=O)C3CCCN3S(=O)(=O)c3ccc(Br)cc3)sc2c1. The minimum absolute atomic E-state index is 0.174. The second-order valence-electron chi connectivity index (χ2n) is 6.57. The van der Waals surface area contributed by atoms with Crippen molar-refractivity contribution in [2.24, 2.45) is 0 Å². The van der Waals surface area contributed by atoms with E-state index in [1.54, 1.807) is 25.3 Å². The third-order valence-electron chi connectivity index (χ3n) is 4.75. The van der Waals surface area contributed by atoms with Crippen LogP contribution in [0.15, 0.2) is 51.8 Å². The molecule has 0 aliphatic carbocycles. The number of methoxy groups -OCH3 is 1. The summed E-state index contributed by atoms with van der Waals surface area (Å²) in [6, 6.07) is 11.1. The van der Waals surface area contributed by atoms with E-state index in [9.17, 15) is 13.2 Å². The quantitative estimate of drug-likeness (QED) is 0.580. The molecule has 7 nitrogen and oxygen atoms in total. The van der Waals surface area contributed by atoms with Crippen LogP contribution in [0.5, 0.6) is 5.75 Å². The van der Waals surface area contributed by atoms with Crippen molar-refractivity contribution in [2.75, 3.05) is 19.0 Å². The number of carbonyl (C=O) groups excluding carboxylic acids is 1. The van der Waals surface area contributed by atoms with Gasteiger partial charge in [-0.1, -0.05) is 27.3 Å². The average molecular weight is 496 g/mol. The van der Waals surface area contributed by atoms with Gasteiger partial charge in [0.2, 0.25) is 15.9 Å². The van der Waals surface area contributed by atoms with Crippen LogP contribution in [-0.4, -0.2) is 43.3 Å². The molecule has 1 atom stereocenters. The number of benzene rings is 2. The fraction of sp³-hybridized carbons (Fsp3) is 0.263. The molecule has 1 saturated heterocycles. The molecule has 1 aliphatic rings. The Hall–Kier alpha value is -2.01. The summed E-state index contributed by atoms with van der Waals surface area (Å²) in [7, 11) is -2.17. The van der Waals surface area contributed by atoms with Crippen molar-refractivity contribution in [2.45, 2.75) is 23.8 Å². The molecule has 1 fully saturated rings. The van der Waals surface area contributed by atoms with Crippen LogP contribution < -0.4 is 10.1 Å². The van der Waals surface area contributed by atoms with Crippen molar-refractivity contribution >= 4 is 58.5 Å². The first-order chi connectivity index (χ1) is 13.9. The molecule has 1 amide bonds. The lowest BCUT2D eigenvalue weighted by Crippen LogP contribution is -2.43. The van der Waals surface area contributed by atoms with Gasteiger partial charge in [-0.05, 0) is 55.3 Å². The molecule has 29 heavy (non-hydrogen) atoms. The number of halogens is 1. The molecule has 0 saturated carbocycles. The first-order valence-electron chi connectivity index (χ1n) is 8.91. The van der Waals surface area contributed by atoms with Crippen molar-refractivity contribution in [1.82, 2.24) is 9.29 Å². The van der Waals surface area contributed by atoms with Gasteiger partial charge in [0.15, 0.2) is 5.13 Å². The fourth-order valence-corrected chi connectivity index (χ4v) is 6.12. The highest BCUT2D eigenvalue weighted by molar-refractivity contribution is 9.10. The van der Waals surface area contributed by atoms with E-state index in [2.05, 4.69) is 26.2 Å². The zero-order valence-corrected chi connectivity index (χ0v) is 18.7. The van der Waals surface area contributed by atoms with Crippen LogP contribution in [0.2, 0.25) is 0 Å². The maximum absolute atomic E-state index is 13.0. The third kappa shape index (κ3) is 4.02. The lowest BCUT2D eigenvalue weighted by Gasteiger charge is -2.23. The van der Waals surface area contributed by atoms with Gasteiger partial charge in [-0.3, -0.25) is 4.79 Å². The summed E-state index contributed by atoms with van der Waals surface area (Å²) in [5.74, 6) is 0.343. The van der Waals surface area contributed by atoms with Crippen LogP contribution in [0.4, 0.5) is 5.13 Å². The Kier molecular flexibility index (Phi) is 5.60. The Morgan fingerprint density at radius 3 is 2.76 bits per heavy atom. The van der Waals surface area contributed by atoms with Gasteiger partial charge >= 0.3 is 0 Å². The van der Waals surface area contributed by atoms with Crippen molar-refractivity contribution in [3.05, 3.63) is 46.9 Å². The van der Waals surface area contributed by atoms with Gasteiger partial charge in [0.1, 0.15) is 11.8 Å². The highest BCUT2D eigenvalue weighted by Gasteiger charge is 2.39. The number of fused-ring (bicyclic) bond motifs is 1. The molecular formula is C19H18BrN3O4S2. The van der Waals surface area contributed by atoms with Crippen LogP contribution in [0, 0.1) is 0 Å². The van der Waals surface area contributed by atoms with Crippen LogP contribution in [0.1, 0.15) is 12.8 Å². The molecule has 2 heterocycles. The minimum Gasteiger partial charge on any atom is -0.497 e. The zero-order valence-electron chi connectivity index (χ0n) is 15.5. The highest BCUT2D eigenvalue weighted by atomic mass is 79.9. The number of ether oxygens (including phenoxy) is 1. The number of rotatable bonds is 5. The summed E-state index contributed by atoms with van der Waals surface area (Å²) in [4.78, 5) is 17.5. The molecule has 152 valence electrons. The van der Waals surface area contributed by atoms with Crippen molar-refractivity contribution in [3.63, 3.8) is 0 Å². The normalized spacial score (nSPS) is 17.5. The number of nitrogens with zero attached hydrogens (tertiary/aromatic N) is 2. The second-order valence-corrected chi connectivity index (χ2v) is 10.4. The van der Waals surface area contributed by atoms with Crippen molar-refractivity contribution in [1.29, 1.82) is 0 Å². The van der Waals surface area contributed by atoms with Gasteiger partial charge in [-0.15, -0.1) is 0 Å². The van der Waals surface area contributed by atoms with Gasteiger partial charge in [0.05, 0.1) is 22.2 Å². The molecule has 0 radical (unpaired) electrons. The maximum Gasteiger partial charge on any atom is 0.244 e. The molecular weight excluding hydrogens is 478 g/mol. The number of thiazole rings is 1. The number of nitrogens with one attached hydrogen (secondary N) is 1. The molecule has 4 rings (SSSR count). The predicted molar refractivity (Wildman–Crippen MR) is 116 cm³/mol. The molecule has 1 aliphatic heterocycles. The average Bonchev–Trinajstić information content (AvgIpc) is 3.34. The third-order valence-corrected chi connectivity index (χ3v) is 8.14. The Labute approximate surface area is 180 Å². The van der Waals surface area contributed by atoms with Crippen molar-refractivity contribution in [3.8, 4) is 5.75 Å². The molecule has 0 bridgehead atoms. The summed E-state index contributed by atoms with van der Waals surface area (Å²) in [6.45, 7) is 0.313. The summed E-state index contributed by atoms with van der Waals surface area (Å²) in [5.41, 5.74) is 0.747. The first kappa shape index (κ1) is 20.3. The monoisotopic (exact) mass is 495 g/mol. The topological polar surface area (TPSA) is 88.6 Å². The van der Waals surface area contributed by atoms with Crippen LogP contribution >= 0.6 is 27.3 Å². The molecule has 10 heteroatoms. The van der Waals surface area contributed by atoms with Gasteiger partial charge in [0, 0.05) is 11.0 Å². The number of amides is 1. The summed E-state index contributed by atoms with van der Waals surface area (Å²) in [5, 5.41) is 3.22. The van der Waals surface area contributed by atoms with E-state index >= 15 is 0 Å². The Balaban J connectivity index is 1.55. The van der Waals surface area contributed by atoms with Gasteiger partial charge < -0.3 is 10.1 Å². The summed E-state index contributed by atoms with van der Waals surface area (Å²) < 4.78 is 34.2. The molecule has 0 spiro atoms.